The van der Waals surface area contributed by atoms with Gasteiger partial charge in [0.1, 0.15) is 6.61 Å². The second kappa shape index (κ2) is 8.15. The van der Waals surface area contributed by atoms with Gasteiger partial charge in [0, 0.05) is 5.57 Å². The Hall–Kier alpha value is -2.10. The molecule has 4 nitrogen and oxygen atoms in total. The van der Waals surface area contributed by atoms with Crippen molar-refractivity contribution in [2.45, 2.75) is 33.3 Å². The summed E-state index contributed by atoms with van der Waals surface area (Å²) in [6, 6.07) is 6.81. The predicted octanol–water partition coefficient (Wildman–Crippen LogP) is 3.26. The first kappa shape index (κ1) is 16.0. The number of benzene rings is 1. The van der Waals surface area contributed by atoms with E-state index in [9.17, 15) is 9.59 Å². The maximum atomic E-state index is 11.7. The number of carbonyl (C=O) groups is 2. The van der Waals surface area contributed by atoms with Crippen molar-refractivity contribution in [3.8, 4) is 0 Å². The van der Waals surface area contributed by atoms with E-state index < -0.39 is 5.97 Å². The summed E-state index contributed by atoms with van der Waals surface area (Å²) in [5.41, 5.74) is 1.67. The Morgan fingerprint density at radius 2 is 1.80 bits per heavy atom. The topological polar surface area (TPSA) is 52.6 Å². The maximum Gasteiger partial charge on any atom is 0.338 e. The van der Waals surface area contributed by atoms with Gasteiger partial charge in [0.15, 0.2) is 0 Å². The lowest BCUT2D eigenvalue weighted by molar-refractivity contribution is -0.140. The molecule has 0 unspecified atom stereocenters. The first-order chi connectivity index (χ1) is 9.54. The highest BCUT2D eigenvalue weighted by Gasteiger charge is 2.07. The van der Waals surface area contributed by atoms with E-state index in [1.54, 1.807) is 31.2 Å². The van der Waals surface area contributed by atoms with Gasteiger partial charge < -0.3 is 9.47 Å². The van der Waals surface area contributed by atoms with E-state index in [2.05, 4.69) is 6.58 Å². The van der Waals surface area contributed by atoms with Gasteiger partial charge in [0.25, 0.3) is 0 Å². The average molecular weight is 276 g/mol. The van der Waals surface area contributed by atoms with E-state index in [0.717, 1.165) is 18.4 Å². The Morgan fingerprint density at radius 3 is 2.35 bits per heavy atom. The van der Waals surface area contributed by atoms with Crippen LogP contribution in [0.2, 0.25) is 0 Å². The minimum atomic E-state index is -0.423. The zero-order chi connectivity index (χ0) is 15.0. The van der Waals surface area contributed by atoms with Crippen molar-refractivity contribution in [3.05, 3.63) is 47.5 Å². The van der Waals surface area contributed by atoms with Crippen molar-refractivity contribution in [1.82, 2.24) is 0 Å². The standard InChI is InChI=1S/C16H20O4/c1-4-5-10-19-16(18)14-8-6-13(7-9-14)11-20-15(17)12(2)3/h6-9H,2,4-5,10-11H2,1,3H3. The summed E-state index contributed by atoms with van der Waals surface area (Å²) < 4.78 is 10.1. The molecule has 0 bridgehead atoms. The lowest BCUT2D eigenvalue weighted by atomic mass is 10.1. The van der Waals surface area contributed by atoms with E-state index in [1.807, 2.05) is 6.92 Å². The third-order valence-corrected chi connectivity index (χ3v) is 2.64. The van der Waals surface area contributed by atoms with Crippen LogP contribution >= 0.6 is 0 Å². The number of hydrogen-bond donors (Lipinski definition) is 0. The van der Waals surface area contributed by atoms with E-state index in [4.69, 9.17) is 9.47 Å². The van der Waals surface area contributed by atoms with Gasteiger partial charge in [-0.05, 0) is 31.0 Å². The molecule has 0 saturated carbocycles. The Balaban J connectivity index is 2.49. The number of carbonyl (C=O) groups excluding carboxylic acids is 2. The predicted molar refractivity (Wildman–Crippen MR) is 76.2 cm³/mol. The van der Waals surface area contributed by atoms with Crippen molar-refractivity contribution in [2.24, 2.45) is 0 Å². The molecule has 20 heavy (non-hydrogen) atoms. The van der Waals surface area contributed by atoms with Crippen molar-refractivity contribution in [3.63, 3.8) is 0 Å². The van der Waals surface area contributed by atoms with Gasteiger partial charge in [-0.1, -0.05) is 32.1 Å². The second-order valence-corrected chi connectivity index (χ2v) is 4.54. The van der Waals surface area contributed by atoms with Crippen LogP contribution in [0.5, 0.6) is 0 Å². The van der Waals surface area contributed by atoms with Gasteiger partial charge in [0.2, 0.25) is 0 Å². The van der Waals surface area contributed by atoms with Crippen molar-refractivity contribution >= 4 is 11.9 Å². The quantitative estimate of drug-likeness (QED) is 0.436. The highest BCUT2D eigenvalue weighted by Crippen LogP contribution is 2.08. The van der Waals surface area contributed by atoms with Crippen LogP contribution in [0.15, 0.2) is 36.4 Å². The number of ether oxygens (including phenoxy) is 2. The summed E-state index contributed by atoms with van der Waals surface area (Å²) in [7, 11) is 0. The summed E-state index contributed by atoms with van der Waals surface area (Å²) in [4.78, 5) is 22.9. The summed E-state index contributed by atoms with van der Waals surface area (Å²) in [6.45, 7) is 7.74. The molecule has 0 saturated heterocycles. The van der Waals surface area contributed by atoms with Crippen molar-refractivity contribution in [2.75, 3.05) is 6.61 Å². The fourth-order valence-corrected chi connectivity index (χ4v) is 1.40. The maximum absolute atomic E-state index is 11.7. The van der Waals surface area contributed by atoms with Crippen LogP contribution in [0.1, 0.15) is 42.6 Å². The summed E-state index contributed by atoms with van der Waals surface area (Å²) >= 11 is 0. The van der Waals surface area contributed by atoms with E-state index in [-0.39, 0.29) is 12.6 Å². The Labute approximate surface area is 119 Å². The van der Waals surface area contributed by atoms with Gasteiger partial charge in [0.05, 0.1) is 12.2 Å². The van der Waals surface area contributed by atoms with Crippen LogP contribution in [0, 0.1) is 0 Å². The monoisotopic (exact) mass is 276 g/mol. The minimum Gasteiger partial charge on any atom is -0.462 e. The SMILES string of the molecule is C=C(C)C(=O)OCc1ccc(C(=O)OCCCC)cc1. The molecule has 4 heteroatoms. The third-order valence-electron chi connectivity index (χ3n) is 2.64. The van der Waals surface area contributed by atoms with Gasteiger partial charge in [-0.15, -0.1) is 0 Å². The van der Waals surface area contributed by atoms with Gasteiger partial charge in [-0.25, -0.2) is 9.59 Å². The molecule has 0 atom stereocenters. The van der Waals surface area contributed by atoms with Gasteiger partial charge in [-0.3, -0.25) is 0 Å². The highest BCUT2D eigenvalue weighted by molar-refractivity contribution is 5.89. The van der Waals surface area contributed by atoms with Crippen LogP contribution < -0.4 is 0 Å². The molecule has 1 rings (SSSR count). The Morgan fingerprint density at radius 1 is 1.15 bits per heavy atom. The molecule has 1 aromatic rings. The first-order valence-electron chi connectivity index (χ1n) is 6.63. The molecule has 0 N–H and O–H groups in total. The van der Waals surface area contributed by atoms with Crippen molar-refractivity contribution < 1.29 is 19.1 Å². The molecule has 0 aromatic heterocycles. The molecule has 0 aliphatic rings. The molecule has 0 fully saturated rings. The Bertz CT molecular complexity index is 474. The molecular weight excluding hydrogens is 256 g/mol. The Kier molecular flexibility index (Phi) is 6.50. The van der Waals surface area contributed by atoms with Crippen molar-refractivity contribution in [1.29, 1.82) is 0 Å². The van der Waals surface area contributed by atoms with E-state index >= 15 is 0 Å². The normalized spacial score (nSPS) is 9.90. The highest BCUT2D eigenvalue weighted by atomic mass is 16.5. The number of esters is 2. The third kappa shape index (κ3) is 5.26. The van der Waals surface area contributed by atoms with E-state index in [1.165, 1.54) is 0 Å². The lowest BCUT2D eigenvalue weighted by Crippen LogP contribution is -2.07. The second-order valence-electron chi connectivity index (χ2n) is 4.54. The summed E-state index contributed by atoms with van der Waals surface area (Å²) in [6.07, 6.45) is 1.85. The fourth-order valence-electron chi connectivity index (χ4n) is 1.40. The molecule has 0 heterocycles. The molecule has 0 aliphatic carbocycles. The summed E-state index contributed by atoms with van der Waals surface area (Å²) in [5, 5.41) is 0. The fraction of sp³-hybridized carbons (Fsp3) is 0.375. The zero-order valence-electron chi connectivity index (χ0n) is 12.0. The van der Waals surface area contributed by atoms with Crippen LogP contribution in [-0.4, -0.2) is 18.5 Å². The number of hydrogen-bond acceptors (Lipinski definition) is 4. The number of rotatable bonds is 7. The summed E-state index contributed by atoms with van der Waals surface area (Å²) in [5.74, 6) is -0.753. The minimum absolute atomic E-state index is 0.164. The molecular formula is C16H20O4. The van der Waals surface area contributed by atoms with Crippen LogP contribution in [0.3, 0.4) is 0 Å². The largest absolute Gasteiger partial charge is 0.462 e. The molecule has 0 amide bonds. The molecule has 1 aromatic carbocycles. The lowest BCUT2D eigenvalue weighted by Gasteiger charge is -2.06. The molecule has 0 aliphatic heterocycles. The molecule has 0 radical (unpaired) electrons. The zero-order valence-corrected chi connectivity index (χ0v) is 12.0. The van der Waals surface area contributed by atoms with E-state index in [0.29, 0.717) is 17.7 Å². The number of unbranched alkanes of at least 4 members (excludes halogenated alkanes) is 1. The smallest absolute Gasteiger partial charge is 0.338 e. The first-order valence-corrected chi connectivity index (χ1v) is 6.63. The molecule has 0 spiro atoms. The van der Waals surface area contributed by atoms with Crippen LogP contribution in [0.25, 0.3) is 0 Å². The van der Waals surface area contributed by atoms with Gasteiger partial charge in [-0.2, -0.15) is 0 Å². The van der Waals surface area contributed by atoms with Crippen LogP contribution in [0.4, 0.5) is 0 Å². The average Bonchev–Trinajstić information content (AvgIpc) is 2.45. The molecule has 108 valence electrons. The van der Waals surface area contributed by atoms with Gasteiger partial charge >= 0.3 is 11.9 Å². The van der Waals surface area contributed by atoms with Crippen LogP contribution in [-0.2, 0) is 20.9 Å².